The Morgan fingerprint density at radius 2 is 2.10 bits per heavy atom. The molecule has 1 fully saturated rings. The maximum absolute atomic E-state index is 12.3. The second kappa shape index (κ2) is 5.39. The SMILES string of the molecule is Cc1cc(C(C)NC2(C)CCC2)cc2c(=O)c(I)coc12. The van der Waals surface area contributed by atoms with E-state index < -0.39 is 0 Å². The van der Waals surface area contributed by atoms with Crippen molar-refractivity contribution in [2.24, 2.45) is 0 Å². The van der Waals surface area contributed by atoms with E-state index in [1.54, 1.807) is 0 Å². The minimum Gasteiger partial charge on any atom is -0.463 e. The van der Waals surface area contributed by atoms with Crippen LogP contribution in [0.2, 0.25) is 0 Å². The Morgan fingerprint density at radius 1 is 1.38 bits per heavy atom. The third-order valence-corrected chi connectivity index (χ3v) is 5.30. The van der Waals surface area contributed by atoms with Gasteiger partial charge in [-0.1, -0.05) is 6.07 Å². The van der Waals surface area contributed by atoms with Crippen LogP contribution in [-0.4, -0.2) is 5.54 Å². The van der Waals surface area contributed by atoms with Gasteiger partial charge in [-0.25, -0.2) is 0 Å². The number of halogens is 1. The summed E-state index contributed by atoms with van der Waals surface area (Å²) in [6.45, 7) is 6.44. The normalized spacial score (nSPS) is 18.5. The fourth-order valence-corrected chi connectivity index (χ4v) is 3.54. The zero-order valence-corrected chi connectivity index (χ0v) is 14.8. The summed E-state index contributed by atoms with van der Waals surface area (Å²) in [5, 5.41) is 4.39. The lowest BCUT2D eigenvalue weighted by Gasteiger charge is -2.41. The first kappa shape index (κ1) is 15.0. The van der Waals surface area contributed by atoms with Gasteiger partial charge in [0, 0.05) is 11.6 Å². The highest BCUT2D eigenvalue weighted by atomic mass is 127. The summed E-state index contributed by atoms with van der Waals surface area (Å²) < 4.78 is 6.22. The van der Waals surface area contributed by atoms with Gasteiger partial charge >= 0.3 is 0 Å². The summed E-state index contributed by atoms with van der Waals surface area (Å²) in [5.41, 5.74) is 3.18. The van der Waals surface area contributed by atoms with Gasteiger partial charge in [0.25, 0.3) is 0 Å². The molecule has 3 rings (SSSR count). The van der Waals surface area contributed by atoms with E-state index in [9.17, 15) is 4.79 Å². The zero-order chi connectivity index (χ0) is 15.2. The van der Waals surface area contributed by atoms with Crippen molar-refractivity contribution < 1.29 is 4.42 Å². The van der Waals surface area contributed by atoms with E-state index >= 15 is 0 Å². The van der Waals surface area contributed by atoms with Crippen molar-refractivity contribution in [2.75, 3.05) is 0 Å². The van der Waals surface area contributed by atoms with Crippen molar-refractivity contribution in [3.8, 4) is 0 Å². The molecule has 0 bridgehead atoms. The van der Waals surface area contributed by atoms with Gasteiger partial charge in [0.15, 0.2) is 0 Å². The molecule has 1 aliphatic rings. The average molecular weight is 397 g/mol. The molecule has 21 heavy (non-hydrogen) atoms. The molecule has 3 nitrogen and oxygen atoms in total. The Labute approximate surface area is 138 Å². The number of benzene rings is 1. The minimum atomic E-state index is 0.0591. The second-order valence-electron chi connectivity index (χ2n) is 6.41. The third kappa shape index (κ3) is 2.75. The molecule has 1 atom stereocenters. The van der Waals surface area contributed by atoms with E-state index in [0.717, 1.165) is 11.1 Å². The van der Waals surface area contributed by atoms with Gasteiger partial charge in [0.1, 0.15) is 11.8 Å². The van der Waals surface area contributed by atoms with Crippen LogP contribution in [0.15, 0.2) is 27.6 Å². The lowest BCUT2D eigenvalue weighted by molar-refractivity contribution is 0.190. The summed E-state index contributed by atoms with van der Waals surface area (Å²) in [6.07, 6.45) is 5.29. The van der Waals surface area contributed by atoms with Crippen LogP contribution in [0.4, 0.5) is 0 Å². The maximum atomic E-state index is 12.3. The molecule has 0 saturated heterocycles. The van der Waals surface area contributed by atoms with E-state index in [1.807, 2.05) is 35.6 Å². The molecule has 1 aromatic heterocycles. The van der Waals surface area contributed by atoms with E-state index in [1.165, 1.54) is 25.5 Å². The smallest absolute Gasteiger partial charge is 0.206 e. The first-order valence-corrected chi connectivity index (χ1v) is 8.47. The number of aryl methyl sites for hydroxylation is 1. The number of rotatable bonds is 3. The Kier molecular flexibility index (Phi) is 3.86. The largest absolute Gasteiger partial charge is 0.463 e. The minimum absolute atomic E-state index is 0.0591. The first-order valence-electron chi connectivity index (χ1n) is 7.39. The predicted octanol–water partition coefficient (Wildman–Crippen LogP) is 4.30. The van der Waals surface area contributed by atoms with Gasteiger partial charge in [-0.3, -0.25) is 4.79 Å². The molecule has 0 radical (unpaired) electrons. The highest BCUT2D eigenvalue weighted by Crippen LogP contribution is 2.34. The van der Waals surface area contributed by atoms with Crippen molar-refractivity contribution in [3.63, 3.8) is 0 Å². The lowest BCUT2D eigenvalue weighted by Crippen LogP contribution is -2.49. The van der Waals surface area contributed by atoms with Crippen molar-refractivity contribution in [1.82, 2.24) is 5.32 Å². The molecule has 1 heterocycles. The van der Waals surface area contributed by atoms with Gasteiger partial charge in [-0.2, -0.15) is 0 Å². The van der Waals surface area contributed by atoms with E-state index in [-0.39, 0.29) is 17.0 Å². The molecule has 1 aromatic carbocycles. The highest BCUT2D eigenvalue weighted by molar-refractivity contribution is 14.1. The fraction of sp³-hybridized carbons (Fsp3) is 0.471. The maximum Gasteiger partial charge on any atom is 0.206 e. The molecular weight excluding hydrogens is 377 g/mol. The summed E-state index contributed by atoms with van der Waals surface area (Å²) in [6, 6.07) is 4.34. The van der Waals surface area contributed by atoms with Gasteiger partial charge < -0.3 is 9.73 Å². The number of nitrogens with one attached hydrogen (secondary N) is 1. The molecule has 2 aromatic rings. The van der Waals surface area contributed by atoms with Crippen molar-refractivity contribution in [2.45, 2.75) is 51.6 Å². The summed E-state index contributed by atoms with van der Waals surface area (Å²) in [4.78, 5) is 12.3. The molecule has 1 aliphatic carbocycles. The molecule has 112 valence electrons. The molecule has 0 aliphatic heterocycles. The topological polar surface area (TPSA) is 42.2 Å². The van der Waals surface area contributed by atoms with Gasteiger partial charge in [-0.15, -0.1) is 0 Å². The lowest BCUT2D eigenvalue weighted by atomic mass is 9.78. The van der Waals surface area contributed by atoms with Crippen LogP contribution in [0.3, 0.4) is 0 Å². The van der Waals surface area contributed by atoms with E-state index in [2.05, 4.69) is 25.2 Å². The van der Waals surface area contributed by atoms with Crippen LogP contribution < -0.4 is 10.7 Å². The predicted molar refractivity (Wildman–Crippen MR) is 93.7 cm³/mol. The second-order valence-corrected chi connectivity index (χ2v) is 7.57. The van der Waals surface area contributed by atoms with Gasteiger partial charge in [-0.05, 0) is 79.8 Å². The van der Waals surface area contributed by atoms with Crippen LogP contribution >= 0.6 is 22.6 Å². The monoisotopic (exact) mass is 397 g/mol. The van der Waals surface area contributed by atoms with Crippen molar-refractivity contribution in [1.29, 1.82) is 0 Å². The molecular formula is C17H20INO2. The van der Waals surface area contributed by atoms with Crippen LogP contribution in [-0.2, 0) is 0 Å². The number of hydrogen-bond donors (Lipinski definition) is 1. The zero-order valence-electron chi connectivity index (χ0n) is 12.6. The Bertz CT molecular complexity index is 746. The van der Waals surface area contributed by atoms with Crippen LogP contribution in [0, 0.1) is 10.5 Å². The van der Waals surface area contributed by atoms with Crippen molar-refractivity contribution >= 4 is 33.6 Å². The quantitative estimate of drug-likeness (QED) is 0.786. The summed E-state index contributed by atoms with van der Waals surface area (Å²) in [5.74, 6) is 0. The molecule has 0 spiro atoms. The van der Waals surface area contributed by atoms with Crippen LogP contribution in [0.1, 0.15) is 50.3 Å². The van der Waals surface area contributed by atoms with Crippen LogP contribution in [0.5, 0.6) is 0 Å². The Balaban J connectivity index is 2.03. The Hall–Kier alpha value is -0.880. The Morgan fingerprint density at radius 3 is 2.71 bits per heavy atom. The molecule has 0 amide bonds. The van der Waals surface area contributed by atoms with E-state index in [0.29, 0.717) is 14.5 Å². The molecule has 4 heteroatoms. The average Bonchev–Trinajstić information content (AvgIpc) is 2.41. The number of fused-ring (bicyclic) bond motifs is 1. The molecule has 1 unspecified atom stereocenters. The van der Waals surface area contributed by atoms with E-state index in [4.69, 9.17) is 4.42 Å². The van der Waals surface area contributed by atoms with Gasteiger partial charge in [0.05, 0.1) is 8.96 Å². The summed E-state index contributed by atoms with van der Waals surface area (Å²) in [7, 11) is 0. The van der Waals surface area contributed by atoms with Crippen LogP contribution in [0.25, 0.3) is 11.0 Å². The first-order chi connectivity index (χ1) is 9.89. The summed E-state index contributed by atoms with van der Waals surface area (Å²) >= 11 is 2.03. The molecule has 1 N–H and O–H groups in total. The number of hydrogen-bond acceptors (Lipinski definition) is 3. The standard InChI is InChI=1S/C17H20INO2/c1-10-7-12(11(2)19-17(3)5-4-6-17)8-13-15(20)14(18)9-21-16(10)13/h7-9,11,19H,4-6H2,1-3H3. The highest BCUT2D eigenvalue weighted by Gasteiger charge is 2.32. The van der Waals surface area contributed by atoms with Crippen molar-refractivity contribution in [3.05, 3.63) is 43.3 Å². The molecule has 1 saturated carbocycles. The van der Waals surface area contributed by atoms with Gasteiger partial charge in [0.2, 0.25) is 5.43 Å². The fourth-order valence-electron chi connectivity index (χ4n) is 3.13. The third-order valence-electron chi connectivity index (χ3n) is 4.56.